The maximum atomic E-state index is 0. The van der Waals surface area contributed by atoms with Crippen molar-refractivity contribution >= 4 is 42.0 Å². The van der Waals surface area contributed by atoms with Crippen molar-refractivity contribution in [3.05, 3.63) is 0 Å². The first kappa shape index (κ1) is 31.0. The molecule has 0 aromatic carbocycles. The van der Waals surface area contributed by atoms with E-state index in [1.807, 2.05) is 0 Å². The van der Waals surface area contributed by atoms with Crippen molar-refractivity contribution in [2.24, 2.45) is 0 Å². The van der Waals surface area contributed by atoms with Crippen LogP contribution in [-0.2, 0) is 39.4 Å². The molecule has 4 heavy (non-hydrogen) atoms. The van der Waals surface area contributed by atoms with Crippen LogP contribution in [-0.4, -0.2) is 29.6 Å². The van der Waals surface area contributed by atoms with Gasteiger partial charge in [-0.1, -0.05) is 0 Å². The Balaban J connectivity index is 0. The zero-order valence-electron chi connectivity index (χ0n) is 1.21. The summed E-state index contributed by atoms with van der Waals surface area (Å²) in [4.78, 5) is 0. The predicted octanol–water partition coefficient (Wildman–Crippen LogP) is -0.232. The Morgan fingerprint density at radius 2 is 1.00 bits per heavy atom. The zero-order chi connectivity index (χ0) is 0. The number of hydrogen-bond donors (Lipinski definition) is 0. The van der Waals surface area contributed by atoms with Crippen molar-refractivity contribution in [1.82, 2.24) is 0 Å². The van der Waals surface area contributed by atoms with E-state index >= 15 is 0 Å². The normalized spacial score (nSPS) is 0. The molecule has 0 nitrogen and oxygen atoms in total. The van der Waals surface area contributed by atoms with Crippen molar-refractivity contribution in [3.63, 3.8) is 0 Å². The molecule has 0 aromatic rings. The predicted molar refractivity (Wildman–Crippen MR) is 14.4 cm³/mol. The third-order valence-electron chi connectivity index (χ3n) is 0. The molecule has 0 aliphatic carbocycles. The Kier molecular flexibility index (Phi) is 137. The molecular formula is H2ClFeNaTa. The molecule has 0 fully saturated rings. The first-order valence-electron chi connectivity index (χ1n) is 0. The zero-order valence-corrected chi connectivity index (χ0v) is 6.34. The molecular weight excluding hydrogens is 295 g/mol. The summed E-state index contributed by atoms with van der Waals surface area (Å²) in [6.45, 7) is 0. The molecule has 0 unspecified atom stereocenters. The van der Waals surface area contributed by atoms with Gasteiger partial charge in [0.1, 0.15) is 0 Å². The third-order valence-corrected chi connectivity index (χ3v) is 0. The summed E-state index contributed by atoms with van der Waals surface area (Å²) in [6, 6.07) is 0. The van der Waals surface area contributed by atoms with Crippen LogP contribution in [0.4, 0.5) is 0 Å². The van der Waals surface area contributed by atoms with Crippen molar-refractivity contribution in [3.8, 4) is 0 Å². The van der Waals surface area contributed by atoms with Crippen molar-refractivity contribution < 1.29 is 39.4 Å². The number of hydrogen-bond acceptors (Lipinski definition) is 0. The molecule has 0 aromatic heterocycles. The Morgan fingerprint density at radius 1 is 1.00 bits per heavy atom. The standard InChI is InChI=1S/ClH.Fe.Na.Ta.H/h1H;;;;. The SMILES string of the molecule is Cl.[Fe].[NaH].[Ta]. The van der Waals surface area contributed by atoms with E-state index in [1.165, 1.54) is 0 Å². The van der Waals surface area contributed by atoms with E-state index in [4.69, 9.17) is 0 Å². The monoisotopic (exact) mass is 297 g/mol. The largest absolute Gasteiger partial charge is 0 e. The molecule has 23 valence electrons. The van der Waals surface area contributed by atoms with Gasteiger partial charge in [-0.25, -0.2) is 0 Å². The van der Waals surface area contributed by atoms with E-state index in [9.17, 15) is 0 Å². The van der Waals surface area contributed by atoms with Gasteiger partial charge in [-0.3, -0.25) is 0 Å². The minimum Gasteiger partial charge on any atom is 0 e. The molecule has 0 aliphatic rings. The topological polar surface area (TPSA) is 0 Å². The number of rotatable bonds is 0. The van der Waals surface area contributed by atoms with Crippen LogP contribution in [0.25, 0.3) is 0 Å². The molecule has 0 heterocycles. The van der Waals surface area contributed by atoms with Crippen LogP contribution in [0, 0.1) is 0 Å². The average molecular weight is 297 g/mol. The molecule has 0 aliphatic heterocycles. The molecule has 0 rings (SSSR count). The molecule has 0 bridgehead atoms. The summed E-state index contributed by atoms with van der Waals surface area (Å²) < 4.78 is 0. The van der Waals surface area contributed by atoms with Crippen LogP contribution in [0.2, 0.25) is 0 Å². The van der Waals surface area contributed by atoms with E-state index in [1.54, 1.807) is 0 Å². The fraction of sp³-hybridized carbons (Fsp3) is 0. The first-order chi connectivity index (χ1) is 0. The van der Waals surface area contributed by atoms with E-state index in [2.05, 4.69) is 0 Å². The Bertz CT molecular complexity index is 8.00. The van der Waals surface area contributed by atoms with Gasteiger partial charge >= 0.3 is 29.6 Å². The molecule has 0 spiro atoms. The second-order valence-corrected chi connectivity index (χ2v) is 0. The Hall–Kier alpha value is 2.55. The van der Waals surface area contributed by atoms with Gasteiger partial charge in [0.05, 0.1) is 0 Å². The summed E-state index contributed by atoms with van der Waals surface area (Å²) in [5.74, 6) is 0. The van der Waals surface area contributed by atoms with Gasteiger partial charge in [0, 0.05) is 39.4 Å². The van der Waals surface area contributed by atoms with Gasteiger partial charge < -0.3 is 0 Å². The van der Waals surface area contributed by atoms with Gasteiger partial charge in [0.15, 0.2) is 0 Å². The van der Waals surface area contributed by atoms with Gasteiger partial charge in [-0.2, -0.15) is 0 Å². The third kappa shape index (κ3) is 8.82. The van der Waals surface area contributed by atoms with Crippen LogP contribution in [0.15, 0.2) is 0 Å². The van der Waals surface area contributed by atoms with E-state index in [-0.39, 0.29) is 81.4 Å². The molecule has 0 N–H and O–H groups in total. The van der Waals surface area contributed by atoms with E-state index in [0.717, 1.165) is 0 Å². The van der Waals surface area contributed by atoms with E-state index < -0.39 is 0 Å². The smallest absolute Gasteiger partial charge is 0 e. The second kappa shape index (κ2) is 17.7. The average Bonchev–Trinajstić information content (AvgIpc) is 0. The van der Waals surface area contributed by atoms with Gasteiger partial charge in [-0.15, -0.1) is 12.4 Å². The van der Waals surface area contributed by atoms with Gasteiger partial charge in [0.25, 0.3) is 0 Å². The van der Waals surface area contributed by atoms with Crippen LogP contribution >= 0.6 is 12.4 Å². The Morgan fingerprint density at radius 3 is 1.00 bits per heavy atom. The van der Waals surface area contributed by atoms with Crippen LogP contribution in [0.5, 0.6) is 0 Å². The van der Waals surface area contributed by atoms with Crippen LogP contribution in [0.3, 0.4) is 0 Å². The summed E-state index contributed by atoms with van der Waals surface area (Å²) in [5, 5.41) is 0. The van der Waals surface area contributed by atoms with Crippen molar-refractivity contribution in [2.75, 3.05) is 0 Å². The summed E-state index contributed by atoms with van der Waals surface area (Å²) in [5.41, 5.74) is 0. The van der Waals surface area contributed by atoms with E-state index in [0.29, 0.717) is 0 Å². The van der Waals surface area contributed by atoms with Gasteiger partial charge in [-0.05, 0) is 0 Å². The molecule has 1 radical (unpaired) electrons. The van der Waals surface area contributed by atoms with Crippen LogP contribution < -0.4 is 0 Å². The maximum absolute atomic E-state index is 0. The molecule has 4 heteroatoms. The van der Waals surface area contributed by atoms with Crippen LogP contribution in [0.1, 0.15) is 0 Å². The summed E-state index contributed by atoms with van der Waals surface area (Å²) in [7, 11) is 0. The second-order valence-electron chi connectivity index (χ2n) is 0. The van der Waals surface area contributed by atoms with Crippen molar-refractivity contribution in [1.29, 1.82) is 0 Å². The minimum atomic E-state index is 0. The molecule has 0 amide bonds. The molecule has 0 saturated carbocycles. The minimum absolute atomic E-state index is 0. The number of halogens is 1. The van der Waals surface area contributed by atoms with Gasteiger partial charge in [0.2, 0.25) is 0 Å². The van der Waals surface area contributed by atoms with Crippen molar-refractivity contribution in [2.45, 2.75) is 0 Å². The first-order valence-corrected chi connectivity index (χ1v) is 0. The fourth-order valence-corrected chi connectivity index (χ4v) is 0. The Labute approximate surface area is 80.2 Å². The quantitative estimate of drug-likeness (QED) is 0.542. The summed E-state index contributed by atoms with van der Waals surface area (Å²) in [6.07, 6.45) is 0. The summed E-state index contributed by atoms with van der Waals surface area (Å²) >= 11 is 0. The molecule has 0 atom stereocenters. The maximum Gasteiger partial charge on any atom is 0 e. The fourth-order valence-electron chi connectivity index (χ4n) is 0. The molecule has 0 saturated heterocycles.